The van der Waals surface area contributed by atoms with Crippen molar-refractivity contribution in [1.29, 1.82) is 0 Å². The topological polar surface area (TPSA) is 51.2 Å². The number of nitrogens with one attached hydrogen (secondary N) is 1. The van der Waals surface area contributed by atoms with E-state index in [1.807, 2.05) is 47.8 Å². The van der Waals surface area contributed by atoms with Crippen LogP contribution in [0.2, 0.25) is 0 Å². The van der Waals surface area contributed by atoms with E-state index in [4.69, 9.17) is 4.74 Å². The summed E-state index contributed by atoms with van der Waals surface area (Å²) in [5.41, 5.74) is 2.04. The van der Waals surface area contributed by atoms with Crippen LogP contribution >= 0.6 is 22.7 Å². The maximum Gasteiger partial charge on any atom is 0.261 e. The van der Waals surface area contributed by atoms with E-state index >= 15 is 0 Å². The molecule has 1 amide bonds. The number of thiophene rings is 1. The number of carbonyl (C=O) groups is 1. The number of aromatic nitrogens is 1. The van der Waals surface area contributed by atoms with Gasteiger partial charge in [0.15, 0.2) is 0 Å². The summed E-state index contributed by atoms with van der Waals surface area (Å²) in [5, 5.41) is 5.89. The average Bonchev–Trinajstić information content (AvgIpc) is 3.41. The highest BCUT2D eigenvalue weighted by Crippen LogP contribution is 2.33. The molecular weight excluding hydrogens is 352 g/mol. The number of ether oxygens (including phenoxy) is 1. The first-order valence-corrected chi connectivity index (χ1v) is 9.98. The van der Waals surface area contributed by atoms with Crippen molar-refractivity contribution in [2.75, 3.05) is 6.61 Å². The Morgan fingerprint density at radius 1 is 1.24 bits per heavy atom. The molecule has 3 heterocycles. The molecule has 0 aliphatic carbocycles. The lowest BCUT2D eigenvalue weighted by Crippen LogP contribution is -2.21. The number of nitrogens with zero attached hydrogens (tertiary/aromatic N) is 1. The van der Waals surface area contributed by atoms with Crippen molar-refractivity contribution in [1.82, 2.24) is 10.3 Å². The van der Waals surface area contributed by atoms with Gasteiger partial charge in [-0.05, 0) is 25.0 Å². The van der Waals surface area contributed by atoms with Gasteiger partial charge in [-0.1, -0.05) is 30.3 Å². The zero-order valence-corrected chi connectivity index (χ0v) is 15.2. The molecule has 0 spiro atoms. The van der Waals surface area contributed by atoms with Gasteiger partial charge in [-0.2, -0.15) is 0 Å². The second-order valence-electron chi connectivity index (χ2n) is 5.88. The van der Waals surface area contributed by atoms with Crippen molar-refractivity contribution in [3.8, 4) is 11.3 Å². The smallest absolute Gasteiger partial charge is 0.261 e. The Balaban J connectivity index is 1.37. The Kier molecular flexibility index (Phi) is 4.92. The van der Waals surface area contributed by atoms with Gasteiger partial charge in [-0.25, -0.2) is 4.98 Å². The molecule has 128 valence electrons. The second kappa shape index (κ2) is 7.47. The second-order valence-corrected chi connectivity index (χ2v) is 7.94. The van der Waals surface area contributed by atoms with Gasteiger partial charge in [0, 0.05) is 22.4 Å². The van der Waals surface area contributed by atoms with E-state index in [-0.39, 0.29) is 12.0 Å². The van der Waals surface area contributed by atoms with E-state index in [1.165, 1.54) is 11.3 Å². The maximum absolute atomic E-state index is 12.4. The van der Waals surface area contributed by atoms with Crippen LogP contribution in [0, 0.1) is 0 Å². The Morgan fingerprint density at radius 2 is 2.12 bits per heavy atom. The van der Waals surface area contributed by atoms with Crippen molar-refractivity contribution < 1.29 is 9.53 Å². The molecule has 0 unspecified atom stereocenters. The molecule has 6 heteroatoms. The minimum atomic E-state index is -0.0503. The van der Waals surface area contributed by atoms with Crippen LogP contribution in [0.15, 0.2) is 47.8 Å². The van der Waals surface area contributed by atoms with Crippen LogP contribution in [0.3, 0.4) is 0 Å². The molecule has 2 aromatic heterocycles. The SMILES string of the molecule is O=C(NCc1nc(-c2ccccc2)cs1)c1ccc([C@H]2CCCO2)s1. The predicted octanol–water partition coefficient (Wildman–Crippen LogP) is 4.65. The number of carbonyl (C=O) groups excluding carboxylic acids is 1. The average molecular weight is 370 g/mol. The molecule has 25 heavy (non-hydrogen) atoms. The van der Waals surface area contributed by atoms with Gasteiger partial charge in [0.05, 0.1) is 23.2 Å². The number of benzene rings is 1. The highest BCUT2D eigenvalue weighted by Gasteiger charge is 2.20. The largest absolute Gasteiger partial charge is 0.373 e. The fourth-order valence-corrected chi connectivity index (χ4v) is 4.58. The van der Waals surface area contributed by atoms with Gasteiger partial charge in [-0.15, -0.1) is 22.7 Å². The summed E-state index contributed by atoms with van der Waals surface area (Å²) in [6, 6.07) is 14.0. The van der Waals surface area contributed by atoms with Crippen molar-refractivity contribution in [2.24, 2.45) is 0 Å². The number of hydrogen-bond acceptors (Lipinski definition) is 5. The van der Waals surface area contributed by atoms with Crippen molar-refractivity contribution in [3.63, 3.8) is 0 Å². The zero-order valence-electron chi connectivity index (χ0n) is 13.6. The first-order valence-electron chi connectivity index (χ1n) is 8.29. The molecule has 1 atom stereocenters. The molecule has 4 nitrogen and oxygen atoms in total. The van der Waals surface area contributed by atoms with Crippen molar-refractivity contribution >= 4 is 28.6 Å². The van der Waals surface area contributed by atoms with Crippen LogP contribution in [0.25, 0.3) is 11.3 Å². The van der Waals surface area contributed by atoms with Gasteiger partial charge in [0.1, 0.15) is 5.01 Å². The minimum absolute atomic E-state index is 0.0503. The predicted molar refractivity (Wildman–Crippen MR) is 101 cm³/mol. The Labute approximate surface area is 154 Å². The fourth-order valence-electron chi connectivity index (χ4n) is 2.83. The summed E-state index contributed by atoms with van der Waals surface area (Å²) in [4.78, 5) is 18.8. The molecular formula is C19H18N2O2S2. The Hall–Kier alpha value is -2.02. The lowest BCUT2D eigenvalue weighted by molar-refractivity contribution is 0.0955. The number of rotatable bonds is 5. The Morgan fingerprint density at radius 3 is 2.92 bits per heavy atom. The number of thiazole rings is 1. The number of amides is 1. The molecule has 0 saturated carbocycles. The molecule has 4 rings (SSSR count). The van der Waals surface area contributed by atoms with Gasteiger partial charge in [-0.3, -0.25) is 4.79 Å². The summed E-state index contributed by atoms with van der Waals surface area (Å²) in [6.45, 7) is 1.27. The third-order valence-corrected chi connectivity index (χ3v) is 6.14. The molecule has 1 aliphatic rings. The van der Waals surface area contributed by atoms with Crippen LogP contribution in [0.5, 0.6) is 0 Å². The van der Waals surface area contributed by atoms with Gasteiger partial charge >= 0.3 is 0 Å². The third kappa shape index (κ3) is 3.81. The van der Waals surface area contributed by atoms with Gasteiger partial charge in [0.25, 0.3) is 5.91 Å². The first-order chi connectivity index (χ1) is 12.3. The van der Waals surface area contributed by atoms with Gasteiger partial charge < -0.3 is 10.1 Å². The fraction of sp³-hybridized carbons (Fsp3) is 0.263. The quantitative estimate of drug-likeness (QED) is 0.711. The molecule has 3 aromatic rings. The van der Waals surface area contributed by atoms with Crippen LogP contribution in [-0.2, 0) is 11.3 Å². The van der Waals surface area contributed by atoms with Crippen LogP contribution in [0.1, 0.15) is 38.5 Å². The minimum Gasteiger partial charge on any atom is -0.373 e. The van der Waals surface area contributed by atoms with Crippen molar-refractivity contribution in [2.45, 2.75) is 25.5 Å². The van der Waals surface area contributed by atoms with Gasteiger partial charge in [0.2, 0.25) is 0 Å². The first kappa shape index (κ1) is 16.4. The summed E-state index contributed by atoms with van der Waals surface area (Å²) in [5.74, 6) is -0.0503. The standard InChI is InChI=1S/C19H18N2O2S2/c22-19(17-9-8-16(25-17)15-7-4-10-23-15)20-11-18-21-14(12-24-18)13-5-2-1-3-6-13/h1-3,5-6,8-9,12,15H,4,7,10-11H2,(H,20,22)/t15-/m1/s1. The molecule has 1 N–H and O–H groups in total. The number of hydrogen-bond donors (Lipinski definition) is 1. The van der Waals surface area contributed by atoms with Crippen LogP contribution < -0.4 is 5.32 Å². The molecule has 1 saturated heterocycles. The Bertz CT molecular complexity index is 851. The highest BCUT2D eigenvalue weighted by molar-refractivity contribution is 7.14. The van der Waals surface area contributed by atoms with E-state index in [0.717, 1.165) is 45.5 Å². The molecule has 0 bridgehead atoms. The summed E-state index contributed by atoms with van der Waals surface area (Å²) >= 11 is 3.09. The molecule has 1 aliphatic heterocycles. The normalized spacial score (nSPS) is 16.9. The zero-order chi connectivity index (χ0) is 17.1. The summed E-state index contributed by atoms with van der Waals surface area (Å²) in [6.07, 6.45) is 2.31. The monoisotopic (exact) mass is 370 g/mol. The highest BCUT2D eigenvalue weighted by atomic mass is 32.1. The van der Waals surface area contributed by atoms with Crippen LogP contribution in [0.4, 0.5) is 0 Å². The van der Waals surface area contributed by atoms with E-state index in [9.17, 15) is 4.79 Å². The van der Waals surface area contributed by atoms with E-state index in [2.05, 4.69) is 10.3 Å². The summed E-state index contributed by atoms with van der Waals surface area (Å²) in [7, 11) is 0. The van der Waals surface area contributed by atoms with E-state index in [1.54, 1.807) is 11.3 Å². The lowest BCUT2D eigenvalue weighted by Gasteiger charge is -2.05. The summed E-state index contributed by atoms with van der Waals surface area (Å²) < 4.78 is 5.68. The van der Waals surface area contributed by atoms with E-state index < -0.39 is 0 Å². The molecule has 1 fully saturated rings. The lowest BCUT2D eigenvalue weighted by atomic mass is 10.2. The van der Waals surface area contributed by atoms with Crippen molar-refractivity contribution in [3.05, 3.63) is 62.6 Å². The van der Waals surface area contributed by atoms with E-state index in [0.29, 0.717) is 6.54 Å². The van der Waals surface area contributed by atoms with Crippen LogP contribution in [-0.4, -0.2) is 17.5 Å². The molecule has 1 aromatic carbocycles. The molecule has 0 radical (unpaired) electrons. The maximum atomic E-state index is 12.4. The third-order valence-electron chi connectivity index (χ3n) is 4.12.